The maximum Gasteiger partial charge on any atom is 0.0716 e. The third-order valence-electron chi connectivity index (χ3n) is 2.88. The fourth-order valence-electron chi connectivity index (χ4n) is 2.08. The Morgan fingerprint density at radius 3 is 2.86 bits per heavy atom. The van der Waals surface area contributed by atoms with Crippen LogP contribution in [0, 0.1) is 11.3 Å². The first-order valence-corrected chi connectivity index (χ1v) is 4.80. The highest BCUT2D eigenvalue weighted by Crippen LogP contribution is 2.36. The Morgan fingerprint density at radius 1 is 1.36 bits per heavy atom. The summed E-state index contributed by atoms with van der Waals surface area (Å²) in [6, 6.07) is 6.04. The number of nitriles is 1. The Bertz CT molecular complexity index is 404. The Morgan fingerprint density at radius 2 is 2.14 bits per heavy atom. The summed E-state index contributed by atoms with van der Waals surface area (Å²) in [5.41, 5.74) is 15.1. The van der Waals surface area contributed by atoms with Gasteiger partial charge in [-0.3, -0.25) is 0 Å². The Balaban J connectivity index is 2.57. The summed E-state index contributed by atoms with van der Waals surface area (Å²) in [6.45, 7) is 0. The molecule has 0 fully saturated rings. The van der Waals surface area contributed by atoms with Crippen molar-refractivity contribution >= 4 is 11.4 Å². The smallest absolute Gasteiger partial charge is 0.0716 e. The van der Waals surface area contributed by atoms with E-state index in [2.05, 4.69) is 6.07 Å². The molecule has 0 heterocycles. The van der Waals surface area contributed by atoms with Crippen LogP contribution < -0.4 is 11.5 Å². The average molecular weight is 187 g/mol. The summed E-state index contributed by atoms with van der Waals surface area (Å²) in [7, 11) is 0. The molecule has 1 unspecified atom stereocenters. The number of nitrogens with zero attached hydrogens (tertiary/aromatic N) is 1. The molecule has 14 heavy (non-hydrogen) atoms. The van der Waals surface area contributed by atoms with Gasteiger partial charge in [-0.25, -0.2) is 0 Å². The van der Waals surface area contributed by atoms with Gasteiger partial charge in [0.05, 0.1) is 23.4 Å². The fraction of sp³-hybridized carbons (Fsp3) is 0.364. The van der Waals surface area contributed by atoms with Crippen molar-refractivity contribution in [3.63, 3.8) is 0 Å². The lowest BCUT2D eigenvalue weighted by Gasteiger charge is -2.22. The van der Waals surface area contributed by atoms with Crippen LogP contribution in [-0.4, -0.2) is 0 Å². The second-order valence-corrected chi connectivity index (χ2v) is 3.71. The van der Waals surface area contributed by atoms with E-state index in [4.69, 9.17) is 16.7 Å². The summed E-state index contributed by atoms with van der Waals surface area (Å²) in [4.78, 5) is 0. The molecule has 4 N–H and O–H groups in total. The fourth-order valence-corrected chi connectivity index (χ4v) is 2.08. The molecule has 0 radical (unpaired) electrons. The zero-order valence-electron chi connectivity index (χ0n) is 7.96. The van der Waals surface area contributed by atoms with Gasteiger partial charge in [-0.2, -0.15) is 5.26 Å². The Labute approximate surface area is 83.3 Å². The van der Waals surface area contributed by atoms with Crippen molar-refractivity contribution in [2.75, 3.05) is 11.5 Å². The average Bonchev–Trinajstić information content (AvgIpc) is 2.23. The van der Waals surface area contributed by atoms with E-state index in [1.165, 1.54) is 0 Å². The van der Waals surface area contributed by atoms with Gasteiger partial charge >= 0.3 is 0 Å². The van der Waals surface area contributed by atoms with Crippen LogP contribution in [0.3, 0.4) is 0 Å². The lowest BCUT2D eigenvalue weighted by atomic mass is 9.82. The minimum Gasteiger partial charge on any atom is -0.397 e. The summed E-state index contributed by atoms with van der Waals surface area (Å²) in [5, 5.41) is 8.98. The number of nitrogens with two attached hydrogens (primary N) is 2. The highest BCUT2D eigenvalue weighted by molar-refractivity contribution is 5.70. The second-order valence-electron chi connectivity index (χ2n) is 3.71. The van der Waals surface area contributed by atoms with Crippen molar-refractivity contribution in [2.45, 2.75) is 25.2 Å². The summed E-state index contributed by atoms with van der Waals surface area (Å²) >= 11 is 0. The van der Waals surface area contributed by atoms with Gasteiger partial charge in [0.2, 0.25) is 0 Å². The van der Waals surface area contributed by atoms with Crippen molar-refractivity contribution in [1.82, 2.24) is 0 Å². The number of nitrogen functional groups attached to an aromatic ring is 2. The molecule has 72 valence electrons. The highest BCUT2D eigenvalue weighted by Gasteiger charge is 2.21. The lowest BCUT2D eigenvalue weighted by Crippen LogP contribution is -2.12. The van der Waals surface area contributed by atoms with Crippen LogP contribution in [0.4, 0.5) is 11.4 Å². The molecule has 0 saturated heterocycles. The molecular formula is C11H13N3. The number of hydrogen-bond donors (Lipinski definition) is 2. The van der Waals surface area contributed by atoms with Crippen LogP contribution in [0.2, 0.25) is 0 Å². The molecule has 1 aromatic carbocycles. The molecule has 3 heteroatoms. The molecule has 1 aliphatic rings. The molecule has 1 aliphatic carbocycles. The normalized spacial score (nSPS) is 19.8. The van der Waals surface area contributed by atoms with E-state index in [9.17, 15) is 0 Å². The first-order chi connectivity index (χ1) is 6.74. The van der Waals surface area contributed by atoms with Crippen LogP contribution in [0.1, 0.15) is 29.9 Å². The first-order valence-electron chi connectivity index (χ1n) is 4.80. The molecule has 2 rings (SSSR count). The van der Waals surface area contributed by atoms with Crippen molar-refractivity contribution in [3.05, 3.63) is 23.3 Å². The van der Waals surface area contributed by atoms with E-state index in [0.29, 0.717) is 11.4 Å². The maximum atomic E-state index is 8.98. The maximum absolute atomic E-state index is 8.98. The molecule has 0 saturated carbocycles. The molecule has 0 spiro atoms. The van der Waals surface area contributed by atoms with Crippen LogP contribution >= 0.6 is 0 Å². The van der Waals surface area contributed by atoms with Crippen molar-refractivity contribution in [1.29, 1.82) is 5.26 Å². The zero-order chi connectivity index (χ0) is 10.1. The third-order valence-corrected chi connectivity index (χ3v) is 2.88. The van der Waals surface area contributed by atoms with Gasteiger partial charge in [-0.15, -0.1) is 0 Å². The summed E-state index contributed by atoms with van der Waals surface area (Å²) in [6.07, 6.45) is 2.91. The number of fused-ring (bicyclic) bond motifs is 1. The van der Waals surface area contributed by atoms with Gasteiger partial charge in [0, 0.05) is 0 Å². The van der Waals surface area contributed by atoms with Crippen molar-refractivity contribution in [3.8, 4) is 6.07 Å². The zero-order valence-corrected chi connectivity index (χ0v) is 7.96. The summed E-state index contributed by atoms with van der Waals surface area (Å²) in [5.74, 6) is 0.00153. The van der Waals surface area contributed by atoms with Crippen molar-refractivity contribution < 1.29 is 0 Å². The standard InChI is InChI=1S/C11H13N3/c12-6-7-2-1-3-9-8(7)4-5-10(13)11(9)14/h4-5,7H,1-3,13-14H2. The monoisotopic (exact) mass is 187 g/mol. The largest absolute Gasteiger partial charge is 0.397 e. The predicted octanol–water partition coefficient (Wildman–Crippen LogP) is 1.79. The lowest BCUT2D eigenvalue weighted by molar-refractivity contribution is 0.638. The van der Waals surface area contributed by atoms with Gasteiger partial charge in [0.15, 0.2) is 0 Å². The third kappa shape index (κ3) is 1.20. The number of rotatable bonds is 0. The van der Waals surface area contributed by atoms with E-state index >= 15 is 0 Å². The van der Waals surface area contributed by atoms with Gasteiger partial charge in [0.25, 0.3) is 0 Å². The van der Waals surface area contributed by atoms with Gasteiger partial charge in [-0.1, -0.05) is 6.07 Å². The number of anilines is 2. The minimum absolute atomic E-state index is 0.00153. The first kappa shape index (κ1) is 8.89. The molecule has 0 bridgehead atoms. The Kier molecular flexibility index (Phi) is 2.05. The molecular weight excluding hydrogens is 174 g/mol. The molecule has 1 atom stereocenters. The topological polar surface area (TPSA) is 75.8 Å². The van der Waals surface area contributed by atoms with E-state index in [-0.39, 0.29) is 5.92 Å². The minimum atomic E-state index is 0.00153. The van der Waals surface area contributed by atoms with Gasteiger partial charge in [0.1, 0.15) is 0 Å². The van der Waals surface area contributed by atoms with Gasteiger partial charge < -0.3 is 11.5 Å². The highest BCUT2D eigenvalue weighted by atomic mass is 14.7. The van der Waals surface area contributed by atoms with Crippen LogP contribution in [0.15, 0.2) is 12.1 Å². The molecule has 0 amide bonds. The van der Waals surface area contributed by atoms with Crippen LogP contribution in [-0.2, 0) is 6.42 Å². The Hall–Kier alpha value is -1.69. The van der Waals surface area contributed by atoms with Crippen molar-refractivity contribution in [2.24, 2.45) is 0 Å². The summed E-state index contributed by atoms with van der Waals surface area (Å²) < 4.78 is 0. The molecule has 0 aromatic heterocycles. The SMILES string of the molecule is N#CC1CCCc2c1ccc(N)c2N. The van der Waals surface area contributed by atoms with Gasteiger partial charge in [-0.05, 0) is 36.5 Å². The second kappa shape index (κ2) is 3.22. The van der Waals surface area contributed by atoms with E-state index in [0.717, 1.165) is 30.4 Å². The van der Waals surface area contributed by atoms with E-state index in [1.807, 2.05) is 6.07 Å². The molecule has 1 aromatic rings. The number of hydrogen-bond acceptors (Lipinski definition) is 3. The predicted molar refractivity (Wildman–Crippen MR) is 56.6 cm³/mol. The quantitative estimate of drug-likeness (QED) is 0.608. The van der Waals surface area contributed by atoms with E-state index < -0.39 is 0 Å². The van der Waals surface area contributed by atoms with Crippen LogP contribution in [0.25, 0.3) is 0 Å². The van der Waals surface area contributed by atoms with Crippen LogP contribution in [0.5, 0.6) is 0 Å². The molecule has 3 nitrogen and oxygen atoms in total. The molecule has 0 aliphatic heterocycles. The number of benzene rings is 1. The van der Waals surface area contributed by atoms with E-state index in [1.54, 1.807) is 6.07 Å².